The molecule has 6 heterocycles. The van der Waals surface area contributed by atoms with Gasteiger partial charge in [0.05, 0.1) is 54.2 Å². The van der Waals surface area contributed by atoms with Crippen LogP contribution in [-0.2, 0) is 54.4 Å². The van der Waals surface area contributed by atoms with Crippen molar-refractivity contribution in [2.24, 2.45) is 23.7 Å². The number of aliphatic hydroxyl groups excluding tert-OH is 1. The number of Topliss-reactive ketones (excluding diaryl/α,β-unsaturated/α-hetero) is 2. The Bertz CT molecular complexity index is 2700. The number of hydrogen-bond acceptors (Lipinski definition) is 15. The molecule has 7 rings (SSSR count). The lowest BCUT2D eigenvalue weighted by molar-refractivity contribution is -0.148. The van der Waals surface area contributed by atoms with E-state index >= 15 is 0 Å². The fourth-order valence-corrected chi connectivity index (χ4v) is 12.7. The van der Waals surface area contributed by atoms with Gasteiger partial charge in [-0.25, -0.2) is 4.79 Å². The van der Waals surface area contributed by atoms with Crippen LogP contribution in [0.5, 0.6) is 5.75 Å². The van der Waals surface area contributed by atoms with Crippen LogP contribution in [0.2, 0.25) is 0 Å². The highest BCUT2D eigenvalue weighted by Crippen LogP contribution is 2.41. The van der Waals surface area contributed by atoms with Gasteiger partial charge in [-0.1, -0.05) is 53.9 Å². The first-order chi connectivity index (χ1) is 38.7. The maximum Gasteiger partial charge on any atom is 0.415 e. The highest BCUT2D eigenvalue weighted by Gasteiger charge is 2.45. The fourth-order valence-electron chi connectivity index (χ4n) is 11.5. The number of thioether (sulfide) groups is 1. The number of carbonyl (C=O) groups is 11. The van der Waals surface area contributed by atoms with Gasteiger partial charge in [0, 0.05) is 68.4 Å². The number of carbonyl (C=O) groups excluding carboxylic acids is 10. The second-order valence-corrected chi connectivity index (χ2v) is 23.4. The van der Waals surface area contributed by atoms with Crippen LogP contribution in [0, 0.1) is 23.7 Å². The van der Waals surface area contributed by atoms with Crippen molar-refractivity contribution in [3.63, 3.8) is 0 Å². The SMILES string of the molecule is CCCC(=O)Nc1c(OC(=O)N2CCC(N3CCCCC3)CC2)ccc2c3c([nH]c12)SC[C@@H]1NC(=O)CNC(=O)[C@H]([C@@H](C)CC)NC(=O)CNC(=O)[C@@H](CC(=O)[C@H](C(C)CC)NC(=O)[C@@H]2C[C@@H](O)CN2C(=O)[C@H](CC(=O)O)CC1=O)C3. The van der Waals surface area contributed by atoms with Gasteiger partial charge in [0.2, 0.25) is 41.4 Å². The monoisotopic (exact) mass is 1150 g/mol. The van der Waals surface area contributed by atoms with Crippen LogP contribution >= 0.6 is 11.8 Å². The van der Waals surface area contributed by atoms with E-state index in [0.29, 0.717) is 49.3 Å². The lowest BCUT2D eigenvalue weighted by atomic mass is 9.86. The normalized spacial score (nSPS) is 26.5. The summed E-state index contributed by atoms with van der Waals surface area (Å²) in [5, 5.41) is 37.8. The van der Waals surface area contributed by atoms with Crippen LogP contribution < -0.4 is 36.6 Å². The predicted molar refractivity (Wildman–Crippen MR) is 298 cm³/mol. The van der Waals surface area contributed by atoms with Crippen LogP contribution in [0.25, 0.3) is 10.9 Å². The molecule has 5 aliphatic rings. The number of aliphatic carboxylic acids is 1. The Balaban J connectivity index is 1.37. The fraction of sp³-hybridized carbons (Fsp3) is 0.661. The molecule has 1 aromatic heterocycles. The number of ether oxygens (including phenoxy) is 1. The summed E-state index contributed by atoms with van der Waals surface area (Å²) in [4.78, 5) is 163. The van der Waals surface area contributed by atoms with Gasteiger partial charge in [0.15, 0.2) is 17.3 Å². The van der Waals surface area contributed by atoms with Gasteiger partial charge in [0.25, 0.3) is 0 Å². The summed E-state index contributed by atoms with van der Waals surface area (Å²) in [6.07, 6.45) is 1.75. The van der Waals surface area contributed by atoms with Gasteiger partial charge in [0.1, 0.15) is 17.8 Å². The second-order valence-electron chi connectivity index (χ2n) is 22.4. The average molecular weight is 1150 g/mol. The molecular formula is C56H80N10O14S. The summed E-state index contributed by atoms with van der Waals surface area (Å²) in [5.74, 6) is -12.4. The van der Waals surface area contributed by atoms with Gasteiger partial charge < -0.3 is 66.5 Å². The van der Waals surface area contributed by atoms with E-state index in [1.165, 1.54) is 12.5 Å². The molecule has 3 saturated heterocycles. The molecule has 81 heavy (non-hydrogen) atoms. The topological polar surface area (TPSA) is 335 Å². The van der Waals surface area contributed by atoms with E-state index in [2.05, 4.69) is 41.8 Å². The summed E-state index contributed by atoms with van der Waals surface area (Å²) >= 11 is 0.985. The van der Waals surface area contributed by atoms with Gasteiger partial charge in [-0.15, -0.1) is 11.8 Å². The third-order valence-electron chi connectivity index (χ3n) is 16.6. The molecule has 0 spiro atoms. The molecule has 9 atom stereocenters. The number of aliphatic hydroxyl groups is 1. The molecule has 444 valence electrons. The zero-order chi connectivity index (χ0) is 58.7. The number of aromatic nitrogens is 1. The quantitative estimate of drug-likeness (QED) is 0.156. The van der Waals surface area contributed by atoms with Gasteiger partial charge in [-0.05, 0) is 81.1 Å². The number of aromatic amines is 1. The maximum absolute atomic E-state index is 14.9. The number of fused-ring (bicyclic) bond motifs is 5. The molecule has 2 aromatic rings. The van der Waals surface area contributed by atoms with Crippen molar-refractivity contribution in [1.29, 1.82) is 0 Å². The predicted octanol–water partition coefficient (Wildman–Crippen LogP) is 2.38. The van der Waals surface area contributed by atoms with Crippen LogP contribution in [0.15, 0.2) is 17.2 Å². The maximum atomic E-state index is 14.9. The molecule has 2 bridgehead atoms. The van der Waals surface area contributed by atoms with Crippen molar-refractivity contribution in [2.45, 2.75) is 166 Å². The second kappa shape index (κ2) is 28.4. The molecule has 3 fully saturated rings. The molecular weight excluding hydrogens is 1070 g/mol. The summed E-state index contributed by atoms with van der Waals surface area (Å²) in [6, 6.07) is -1.86. The number of ketones is 2. The Morgan fingerprint density at radius 3 is 2.12 bits per heavy atom. The van der Waals surface area contributed by atoms with Gasteiger partial charge in [-0.3, -0.25) is 47.9 Å². The number of anilines is 1. The van der Waals surface area contributed by atoms with Crippen molar-refractivity contribution >= 4 is 93.3 Å². The number of amides is 8. The zero-order valence-electron chi connectivity index (χ0n) is 47.0. The minimum absolute atomic E-state index is 0.00153. The molecule has 1 aromatic carbocycles. The molecule has 1 unspecified atom stereocenters. The number of benzene rings is 1. The van der Waals surface area contributed by atoms with Crippen molar-refractivity contribution in [1.82, 2.24) is 46.3 Å². The molecule has 8 amide bonds. The first kappa shape index (κ1) is 62.0. The van der Waals surface area contributed by atoms with Crippen molar-refractivity contribution in [3.8, 4) is 5.75 Å². The first-order valence-electron chi connectivity index (χ1n) is 28.7. The average Bonchev–Trinajstić information content (AvgIpc) is 4.27. The van der Waals surface area contributed by atoms with E-state index in [4.69, 9.17) is 4.74 Å². The highest BCUT2D eigenvalue weighted by atomic mass is 32.2. The van der Waals surface area contributed by atoms with E-state index in [0.717, 1.165) is 55.4 Å². The minimum atomic E-state index is -1.60. The van der Waals surface area contributed by atoms with Crippen LogP contribution in [0.4, 0.5) is 10.5 Å². The van der Waals surface area contributed by atoms with E-state index in [1.807, 2.05) is 6.92 Å². The third-order valence-corrected chi connectivity index (χ3v) is 17.7. The molecule has 0 saturated carbocycles. The minimum Gasteiger partial charge on any atom is -0.481 e. The third kappa shape index (κ3) is 15.7. The number of H-pyrrole nitrogens is 1. The number of nitrogens with zero attached hydrogens (tertiary/aromatic N) is 3. The number of rotatable bonds is 11. The number of hydrogen-bond donors (Lipinski definition) is 9. The van der Waals surface area contributed by atoms with E-state index in [-0.39, 0.29) is 47.0 Å². The van der Waals surface area contributed by atoms with E-state index in [9.17, 15) is 63.0 Å². The Morgan fingerprint density at radius 2 is 1.46 bits per heavy atom. The number of carboxylic acids is 1. The molecule has 5 aliphatic heterocycles. The smallest absolute Gasteiger partial charge is 0.415 e. The highest BCUT2D eigenvalue weighted by molar-refractivity contribution is 7.99. The van der Waals surface area contributed by atoms with Crippen molar-refractivity contribution < 1.29 is 67.7 Å². The van der Waals surface area contributed by atoms with Crippen molar-refractivity contribution in [2.75, 3.05) is 56.9 Å². The summed E-state index contributed by atoms with van der Waals surface area (Å²) in [7, 11) is 0. The van der Waals surface area contributed by atoms with Gasteiger partial charge >= 0.3 is 12.1 Å². The number of nitrogens with one attached hydrogen (secondary N) is 7. The summed E-state index contributed by atoms with van der Waals surface area (Å²) in [6.45, 7) is 10.1. The lowest BCUT2D eigenvalue weighted by Crippen LogP contribution is -2.55. The number of piperidine rings is 2. The molecule has 0 radical (unpaired) electrons. The molecule has 25 heteroatoms. The van der Waals surface area contributed by atoms with Crippen LogP contribution in [0.1, 0.15) is 124 Å². The van der Waals surface area contributed by atoms with Gasteiger partial charge in [-0.2, -0.15) is 0 Å². The number of likely N-dealkylation sites (tertiary alicyclic amines) is 2. The molecule has 0 aliphatic carbocycles. The Morgan fingerprint density at radius 1 is 0.790 bits per heavy atom. The Labute approximate surface area is 475 Å². The van der Waals surface area contributed by atoms with Crippen molar-refractivity contribution in [3.05, 3.63) is 17.7 Å². The Hall–Kier alpha value is -6.60. The lowest BCUT2D eigenvalue weighted by Gasteiger charge is -2.39. The number of carboxylic acid groups (broad SMARTS) is 1. The summed E-state index contributed by atoms with van der Waals surface area (Å²) < 4.78 is 6.13. The largest absolute Gasteiger partial charge is 0.481 e. The van der Waals surface area contributed by atoms with E-state index in [1.54, 1.807) is 38.7 Å². The zero-order valence-corrected chi connectivity index (χ0v) is 47.8. The van der Waals surface area contributed by atoms with E-state index < -0.39 is 158 Å². The standard InChI is InChI=1S/C56H80N10O14S/c1-6-12-43(70)60-50-42(80-56(79)65-19-15-34(16-20-65)64-17-10-9-11-18-64)14-13-36-37-21-32-22-41(69)47(30(4)7-2)62-52(76)39-25-35(67)28-66(39)55(78)33(24-46(73)74)23-40(68)38(29-81-54(37)63-49(36)50)59-44(71)26-58-53(77)48(31(5)8-3)61-45(72)27-57-51(32)75/h13-14,30-35,38-39,47-48,63,67H,6-12,15-29H2,1-5H3,(H,57,75)(H,58,77)(H,59,71)(H,60,70)(H,61,72)(H,62,76)(H,73,74)/t30?,31-,32+,33-,35+,38-,39-,47-,48-/m0/s1. The van der Waals surface area contributed by atoms with Crippen LogP contribution in [-0.4, -0.2) is 183 Å². The first-order valence-corrected chi connectivity index (χ1v) is 29.7. The molecule has 24 nitrogen and oxygen atoms in total. The summed E-state index contributed by atoms with van der Waals surface area (Å²) in [5.41, 5.74) is 0.686. The Kier molecular flexibility index (Phi) is 21.7. The van der Waals surface area contributed by atoms with Crippen LogP contribution in [0.3, 0.4) is 0 Å². The molecule has 9 N–H and O–H groups in total.